The highest BCUT2D eigenvalue weighted by molar-refractivity contribution is 6.04. The highest BCUT2D eigenvalue weighted by Gasteiger charge is 2.16. The number of para-hydroxylation sites is 1. The number of nitrogens with zero attached hydrogens (tertiary/aromatic N) is 1. The van der Waals surface area contributed by atoms with Crippen LogP contribution in [-0.4, -0.2) is 23.8 Å². The molecule has 1 aromatic heterocycles. The van der Waals surface area contributed by atoms with Crippen LogP contribution < -0.4 is 10.3 Å². The van der Waals surface area contributed by atoms with Gasteiger partial charge in [0.15, 0.2) is 0 Å². The van der Waals surface area contributed by atoms with Crippen molar-refractivity contribution in [3.63, 3.8) is 0 Å². The molecule has 5 nitrogen and oxygen atoms in total. The van der Waals surface area contributed by atoms with Gasteiger partial charge in [-0.2, -0.15) is 0 Å². The molecule has 0 fully saturated rings. The van der Waals surface area contributed by atoms with Gasteiger partial charge in [0.25, 0.3) is 5.56 Å². The molecule has 0 atom stereocenters. The van der Waals surface area contributed by atoms with Gasteiger partial charge in [0.1, 0.15) is 19.0 Å². The molecule has 30 heavy (non-hydrogen) atoms. The Hall–Kier alpha value is -3.86. The molecule has 0 radical (unpaired) electrons. The van der Waals surface area contributed by atoms with Crippen LogP contribution in [0.1, 0.15) is 15.9 Å². The van der Waals surface area contributed by atoms with E-state index in [1.165, 1.54) is 4.57 Å². The van der Waals surface area contributed by atoms with Crippen LogP contribution in [0.3, 0.4) is 0 Å². The first-order chi connectivity index (χ1) is 14.6. The number of ether oxygens (including phenoxy) is 2. The van der Waals surface area contributed by atoms with Gasteiger partial charge >= 0.3 is 5.97 Å². The number of aromatic nitrogens is 1. The van der Waals surface area contributed by atoms with E-state index in [0.717, 1.165) is 5.56 Å². The molecular weight excluding hydrogens is 378 g/mol. The Morgan fingerprint density at radius 3 is 2.37 bits per heavy atom. The number of fused-ring (bicyclic) bond motifs is 1. The number of pyridine rings is 1. The van der Waals surface area contributed by atoms with Gasteiger partial charge in [-0.15, -0.1) is 0 Å². The number of hydrogen-bond acceptors (Lipinski definition) is 4. The van der Waals surface area contributed by atoms with Crippen molar-refractivity contribution >= 4 is 16.7 Å². The number of aryl methyl sites for hydroxylation is 1. The second-order valence-electron chi connectivity index (χ2n) is 6.90. The van der Waals surface area contributed by atoms with E-state index >= 15 is 0 Å². The molecular formula is C25H21NO4. The van der Waals surface area contributed by atoms with Crippen molar-refractivity contribution in [3.05, 3.63) is 107 Å². The summed E-state index contributed by atoms with van der Waals surface area (Å²) in [4.78, 5) is 25.9. The Labute approximate surface area is 174 Å². The summed E-state index contributed by atoms with van der Waals surface area (Å²) in [7, 11) is 0. The van der Waals surface area contributed by atoms with E-state index in [2.05, 4.69) is 0 Å². The summed E-state index contributed by atoms with van der Waals surface area (Å²) in [5.74, 6) is 0.219. The molecule has 0 saturated heterocycles. The second kappa shape index (κ2) is 8.66. The minimum absolute atomic E-state index is 0.103. The zero-order valence-electron chi connectivity index (χ0n) is 16.6. The van der Waals surface area contributed by atoms with Crippen LogP contribution >= 0.6 is 0 Å². The fraction of sp³-hybridized carbons (Fsp3) is 0.120. The highest BCUT2D eigenvalue weighted by atomic mass is 16.6. The molecule has 0 amide bonds. The fourth-order valence-electron chi connectivity index (χ4n) is 3.31. The molecule has 0 spiro atoms. The monoisotopic (exact) mass is 399 g/mol. The first kappa shape index (κ1) is 19.5. The third kappa shape index (κ3) is 4.10. The highest BCUT2D eigenvalue weighted by Crippen LogP contribution is 2.19. The Morgan fingerprint density at radius 1 is 0.867 bits per heavy atom. The van der Waals surface area contributed by atoms with E-state index in [1.807, 2.05) is 61.5 Å². The van der Waals surface area contributed by atoms with Crippen molar-refractivity contribution < 1.29 is 14.3 Å². The summed E-state index contributed by atoms with van der Waals surface area (Å²) in [5.41, 5.74) is 1.88. The van der Waals surface area contributed by atoms with Crippen molar-refractivity contribution in [3.8, 4) is 11.4 Å². The minimum atomic E-state index is -0.496. The van der Waals surface area contributed by atoms with Crippen molar-refractivity contribution in [2.24, 2.45) is 0 Å². The van der Waals surface area contributed by atoms with Gasteiger partial charge in [-0.05, 0) is 42.8 Å². The lowest BCUT2D eigenvalue weighted by Gasteiger charge is -2.13. The lowest BCUT2D eigenvalue weighted by Crippen LogP contribution is -2.22. The first-order valence-electron chi connectivity index (χ1n) is 9.70. The predicted molar refractivity (Wildman–Crippen MR) is 117 cm³/mol. The molecule has 0 saturated carbocycles. The van der Waals surface area contributed by atoms with Gasteiger partial charge in [-0.25, -0.2) is 4.79 Å². The molecule has 3 aromatic carbocycles. The molecule has 150 valence electrons. The SMILES string of the molecule is Cc1cccc(-n2cc(C(=O)OCCOc3ccccc3)c3ccccc3c2=O)c1. The van der Waals surface area contributed by atoms with Gasteiger partial charge in [0, 0.05) is 22.7 Å². The maximum atomic E-state index is 13.0. The van der Waals surface area contributed by atoms with Crippen LogP contribution in [-0.2, 0) is 4.74 Å². The summed E-state index contributed by atoms with van der Waals surface area (Å²) in [6.45, 7) is 2.30. The Balaban J connectivity index is 1.62. The average molecular weight is 399 g/mol. The summed E-state index contributed by atoms with van der Waals surface area (Å²) >= 11 is 0. The van der Waals surface area contributed by atoms with E-state index < -0.39 is 5.97 Å². The maximum Gasteiger partial charge on any atom is 0.340 e. The molecule has 4 aromatic rings. The zero-order valence-corrected chi connectivity index (χ0v) is 16.6. The number of carbonyl (C=O) groups excluding carboxylic acids is 1. The molecule has 5 heteroatoms. The van der Waals surface area contributed by atoms with E-state index in [9.17, 15) is 9.59 Å². The van der Waals surface area contributed by atoms with Crippen LogP contribution in [0, 0.1) is 6.92 Å². The van der Waals surface area contributed by atoms with Crippen molar-refractivity contribution in [2.75, 3.05) is 13.2 Å². The smallest absolute Gasteiger partial charge is 0.340 e. The first-order valence-corrected chi connectivity index (χ1v) is 9.70. The van der Waals surface area contributed by atoms with Crippen LogP contribution in [0.4, 0.5) is 0 Å². The number of benzene rings is 3. The summed E-state index contributed by atoms with van der Waals surface area (Å²) < 4.78 is 12.5. The third-order valence-electron chi connectivity index (χ3n) is 4.75. The largest absolute Gasteiger partial charge is 0.490 e. The predicted octanol–water partition coefficient (Wildman–Crippen LogP) is 4.53. The summed E-state index contributed by atoms with van der Waals surface area (Å²) in [6, 6.07) is 24.0. The minimum Gasteiger partial charge on any atom is -0.490 e. The van der Waals surface area contributed by atoms with Crippen molar-refractivity contribution in [1.29, 1.82) is 0 Å². The second-order valence-corrected chi connectivity index (χ2v) is 6.90. The van der Waals surface area contributed by atoms with E-state index in [1.54, 1.807) is 30.5 Å². The number of hydrogen-bond donors (Lipinski definition) is 0. The summed E-state index contributed by atoms with van der Waals surface area (Å²) in [6.07, 6.45) is 1.56. The van der Waals surface area contributed by atoms with E-state index in [4.69, 9.17) is 9.47 Å². The third-order valence-corrected chi connectivity index (χ3v) is 4.75. The van der Waals surface area contributed by atoms with Crippen molar-refractivity contribution in [1.82, 2.24) is 4.57 Å². The van der Waals surface area contributed by atoms with Crippen molar-refractivity contribution in [2.45, 2.75) is 6.92 Å². The van der Waals surface area contributed by atoms with Gasteiger partial charge in [-0.3, -0.25) is 9.36 Å². The lowest BCUT2D eigenvalue weighted by molar-refractivity contribution is 0.0452. The van der Waals surface area contributed by atoms with Crippen LogP contribution in [0.25, 0.3) is 16.5 Å². The quantitative estimate of drug-likeness (QED) is 0.353. The van der Waals surface area contributed by atoms with Gasteiger partial charge < -0.3 is 9.47 Å². The molecule has 4 rings (SSSR count). The molecule has 0 aliphatic carbocycles. The lowest BCUT2D eigenvalue weighted by atomic mass is 10.1. The number of esters is 1. The average Bonchev–Trinajstić information content (AvgIpc) is 2.78. The normalized spacial score (nSPS) is 10.7. The molecule has 0 aliphatic heterocycles. The van der Waals surface area contributed by atoms with Gasteiger partial charge in [-0.1, -0.05) is 48.5 Å². The molecule has 0 aliphatic rings. The molecule has 1 heterocycles. The Kier molecular flexibility index (Phi) is 5.61. The number of carbonyl (C=O) groups is 1. The van der Waals surface area contributed by atoms with Crippen LogP contribution in [0.2, 0.25) is 0 Å². The van der Waals surface area contributed by atoms with Crippen LogP contribution in [0.15, 0.2) is 89.9 Å². The molecule has 0 bridgehead atoms. The topological polar surface area (TPSA) is 57.5 Å². The summed E-state index contributed by atoms with van der Waals surface area (Å²) in [5, 5.41) is 1.04. The zero-order chi connectivity index (χ0) is 20.9. The van der Waals surface area contributed by atoms with E-state index in [-0.39, 0.29) is 18.8 Å². The maximum absolute atomic E-state index is 13.0. The van der Waals surface area contributed by atoms with Crippen LogP contribution in [0.5, 0.6) is 5.75 Å². The molecule has 0 N–H and O–H groups in total. The number of rotatable bonds is 6. The standard InChI is InChI=1S/C25H21NO4/c1-18-8-7-9-19(16-18)26-17-23(21-12-5-6-13-22(21)24(26)27)25(28)30-15-14-29-20-10-3-2-4-11-20/h2-13,16-17H,14-15H2,1H3. The van der Waals surface area contributed by atoms with Gasteiger partial charge in [0.2, 0.25) is 0 Å². The van der Waals surface area contributed by atoms with E-state index in [0.29, 0.717) is 27.8 Å². The Morgan fingerprint density at radius 2 is 1.60 bits per heavy atom. The molecule has 0 unspecified atom stereocenters. The fourth-order valence-corrected chi connectivity index (χ4v) is 3.31. The Bertz CT molecular complexity index is 1240. The van der Waals surface area contributed by atoms with Gasteiger partial charge in [0.05, 0.1) is 5.56 Å².